The van der Waals surface area contributed by atoms with Gasteiger partial charge in [0.25, 0.3) is 0 Å². The van der Waals surface area contributed by atoms with Crippen molar-refractivity contribution in [2.24, 2.45) is 0 Å². The number of rotatable bonds is 5. The Labute approximate surface area is 137 Å². The van der Waals surface area contributed by atoms with Crippen molar-refractivity contribution in [1.29, 1.82) is 0 Å². The molecule has 1 amide bonds. The standard InChI is InChI=1S/C17H15ClN2O3/c18-13-5-1-12(2-6-13)10-19-16(21)8-4-11-3-7-15-14(9-11)20-17(22)23-15/h1-3,5-7,9H,4,8,10H2,(H,19,21)(H,20,22). The number of nitrogens with one attached hydrogen (secondary N) is 2. The van der Waals surface area contributed by atoms with Gasteiger partial charge in [-0.15, -0.1) is 0 Å². The maximum absolute atomic E-state index is 11.9. The molecule has 5 nitrogen and oxygen atoms in total. The number of amides is 1. The second kappa shape index (κ2) is 6.71. The summed E-state index contributed by atoms with van der Waals surface area (Å²) in [7, 11) is 0. The Morgan fingerprint density at radius 2 is 1.87 bits per heavy atom. The molecular formula is C17H15ClN2O3. The smallest absolute Gasteiger partial charge is 0.408 e. The number of aromatic amines is 1. The van der Waals surface area contributed by atoms with Crippen LogP contribution in [0.5, 0.6) is 0 Å². The third kappa shape index (κ3) is 4.02. The fourth-order valence-corrected chi connectivity index (χ4v) is 2.43. The molecule has 1 heterocycles. The number of fused-ring (bicyclic) bond motifs is 1. The van der Waals surface area contributed by atoms with Crippen LogP contribution in [0.2, 0.25) is 5.02 Å². The summed E-state index contributed by atoms with van der Waals surface area (Å²) in [5.41, 5.74) is 3.14. The van der Waals surface area contributed by atoms with E-state index in [9.17, 15) is 9.59 Å². The zero-order valence-corrected chi connectivity index (χ0v) is 13.0. The van der Waals surface area contributed by atoms with Crippen LogP contribution in [0.4, 0.5) is 0 Å². The number of halogens is 1. The lowest BCUT2D eigenvalue weighted by molar-refractivity contribution is -0.121. The van der Waals surface area contributed by atoms with Crippen LogP contribution in [0.3, 0.4) is 0 Å². The molecule has 2 aromatic carbocycles. The predicted molar refractivity (Wildman–Crippen MR) is 88.5 cm³/mol. The van der Waals surface area contributed by atoms with Crippen LogP contribution >= 0.6 is 11.6 Å². The lowest BCUT2D eigenvalue weighted by atomic mass is 10.1. The highest BCUT2D eigenvalue weighted by atomic mass is 35.5. The minimum atomic E-state index is -0.474. The number of hydrogen-bond acceptors (Lipinski definition) is 3. The van der Waals surface area contributed by atoms with E-state index in [2.05, 4.69) is 10.3 Å². The van der Waals surface area contributed by atoms with Gasteiger partial charge in [0.15, 0.2) is 5.58 Å². The fourth-order valence-electron chi connectivity index (χ4n) is 2.30. The van der Waals surface area contributed by atoms with Crippen molar-refractivity contribution in [2.75, 3.05) is 0 Å². The zero-order valence-electron chi connectivity index (χ0n) is 12.3. The maximum Gasteiger partial charge on any atom is 0.417 e. The van der Waals surface area contributed by atoms with E-state index in [4.69, 9.17) is 16.0 Å². The maximum atomic E-state index is 11.9. The molecule has 118 valence electrons. The van der Waals surface area contributed by atoms with Gasteiger partial charge in [0.1, 0.15) is 0 Å². The largest absolute Gasteiger partial charge is 0.417 e. The number of aryl methyl sites for hydroxylation is 1. The summed E-state index contributed by atoms with van der Waals surface area (Å²) in [4.78, 5) is 25.6. The molecule has 0 saturated carbocycles. The van der Waals surface area contributed by atoms with E-state index < -0.39 is 5.76 Å². The summed E-state index contributed by atoms with van der Waals surface area (Å²) in [6.45, 7) is 0.476. The summed E-state index contributed by atoms with van der Waals surface area (Å²) in [5, 5.41) is 3.55. The number of carbonyl (C=O) groups excluding carboxylic acids is 1. The summed E-state index contributed by atoms with van der Waals surface area (Å²) in [6.07, 6.45) is 0.969. The van der Waals surface area contributed by atoms with Crippen molar-refractivity contribution in [1.82, 2.24) is 10.3 Å². The van der Waals surface area contributed by atoms with Crippen LogP contribution in [0.1, 0.15) is 17.5 Å². The molecule has 0 spiro atoms. The Morgan fingerprint density at radius 1 is 1.13 bits per heavy atom. The van der Waals surface area contributed by atoms with Gasteiger partial charge in [0.2, 0.25) is 5.91 Å². The van der Waals surface area contributed by atoms with Gasteiger partial charge in [-0.3, -0.25) is 9.78 Å². The topological polar surface area (TPSA) is 75.1 Å². The predicted octanol–water partition coefficient (Wildman–Crippen LogP) is 3.02. The van der Waals surface area contributed by atoms with E-state index >= 15 is 0 Å². The fraction of sp³-hybridized carbons (Fsp3) is 0.176. The monoisotopic (exact) mass is 330 g/mol. The highest BCUT2D eigenvalue weighted by Gasteiger charge is 2.05. The van der Waals surface area contributed by atoms with Gasteiger partial charge in [-0.05, 0) is 41.8 Å². The summed E-state index contributed by atoms with van der Waals surface area (Å²) < 4.78 is 4.94. The van der Waals surface area contributed by atoms with Crippen LogP contribution in [0, 0.1) is 0 Å². The first-order valence-electron chi connectivity index (χ1n) is 7.23. The molecule has 3 rings (SSSR count). The molecule has 3 aromatic rings. The van der Waals surface area contributed by atoms with Crippen LogP contribution in [-0.2, 0) is 17.8 Å². The lowest BCUT2D eigenvalue weighted by Crippen LogP contribution is -2.22. The molecule has 0 radical (unpaired) electrons. The van der Waals surface area contributed by atoms with E-state index in [1.165, 1.54) is 0 Å². The van der Waals surface area contributed by atoms with Crippen LogP contribution in [-0.4, -0.2) is 10.9 Å². The Hall–Kier alpha value is -2.53. The number of oxazole rings is 1. The summed E-state index contributed by atoms with van der Waals surface area (Å²) >= 11 is 5.82. The number of H-pyrrole nitrogens is 1. The second-order valence-electron chi connectivity index (χ2n) is 5.25. The SMILES string of the molecule is O=C(CCc1ccc2oc(=O)[nH]c2c1)NCc1ccc(Cl)cc1. The summed E-state index contributed by atoms with van der Waals surface area (Å²) in [6, 6.07) is 12.8. The second-order valence-corrected chi connectivity index (χ2v) is 5.68. The normalized spacial score (nSPS) is 10.8. The first-order valence-corrected chi connectivity index (χ1v) is 7.61. The molecule has 0 aliphatic carbocycles. The molecule has 2 N–H and O–H groups in total. The Balaban J connectivity index is 1.53. The van der Waals surface area contributed by atoms with E-state index in [-0.39, 0.29) is 5.91 Å². The Kier molecular flexibility index (Phi) is 4.48. The molecule has 0 bridgehead atoms. The number of carbonyl (C=O) groups is 1. The number of benzene rings is 2. The third-order valence-corrected chi connectivity index (χ3v) is 3.78. The molecule has 0 saturated heterocycles. The van der Waals surface area contributed by atoms with Crippen molar-refractivity contribution in [2.45, 2.75) is 19.4 Å². The summed E-state index contributed by atoms with van der Waals surface area (Å²) in [5.74, 6) is -0.501. The molecule has 23 heavy (non-hydrogen) atoms. The molecule has 0 aliphatic heterocycles. The first kappa shape index (κ1) is 15.4. The molecule has 0 atom stereocenters. The Morgan fingerprint density at radius 3 is 2.65 bits per heavy atom. The average Bonchev–Trinajstić information content (AvgIpc) is 2.91. The minimum Gasteiger partial charge on any atom is -0.408 e. The molecule has 0 unspecified atom stereocenters. The lowest BCUT2D eigenvalue weighted by Gasteiger charge is -2.06. The van der Waals surface area contributed by atoms with Crippen molar-refractivity contribution in [3.05, 3.63) is 69.2 Å². The first-order chi connectivity index (χ1) is 11.1. The minimum absolute atomic E-state index is 0.0271. The van der Waals surface area contributed by atoms with Gasteiger partial charge >= 0.3 is 5.76 Å². The van der Waals surface area contributed by atoms with Gasteiger partial charge in [0.05, 0.1) is 5.52 Å². The quantitative estimate of drug-likeness (QED) is 0.755. The molecule has 0 aliphatic rings. The van der Waals surface area contributed by atoms with Crippen LogP contribution in [0.15, 0.2) is 51.7 Å². The van der Waals surface area contributed by atoms with E-state index in [1.54, 1.807) is 18.2 Å². The number of hydrogen-bond donors (Lipinski definition) is 2. The van der Waals surface area contributed by atoms with E-state index in [0.29, 0.717) is 35.5 Å². The molecule has 6 heteroatoms. The highest BCUT2D eigenvalue weighted by Crippen LogP contribution is 2.14. The van der Waals surface area contributed by atoms with E-state index in [1.807, 2.05) is 24.3 Å². The van der Waals surface area contributed by atoms with Crippen molar-refractivity contribution in [3.63, 3.8) is 0 Å². The van der Waals surface area contributed by atoms with Crippen molar-refractivity contribution < 1.29 is 9.21 Å². The third-order valence-electron chi connectivity index (χ3n) is 3.53. The van der Waals surface area contributed by atoms with Crippen molar-refractivity contribution in [3.8, 4) is 0 Å². The van der Waals surface area contributed by atoms with Gasteiger partial charge < -0.3 is 9.73 Å². The van der Waals surface area contributed by atoms with E-state index in [0.717, 1.165) is 11.1 Å². The molecule has 0 fully saturated rings. The van der Waals surface area contributed by atoms with Crippen LogP contribution < -0.4 is 11.1 Å². The number of aromatic nitrogens is 1. The Bertz CT molecular complexity index is 881. The highest BCUT2D eigenvalue weighted by molar-refractivity contribution is 6.30. The van der Waals surface area contributed by atoms with Gasteiger partial charge in [0, 0.05) is 18.0 Å². The van der Waals surface area contributed by atoms with Gasteiger partial charge in [-0.2, -0.15) is 0 Å². The average molecular weight is 331 g/mol. The zero-order chi connectivity index (χ0) is 16.2. The van der Waals surface area contributed by atoms with Gasteiger partial charge in [-0.25, -0.2) is 4.79 Å². The molecular weight excluding hydrogens is 316 g/mol. The molecule has 1 aromatic heterocycles. The van der Waals surface area contributed by atoms with Crippen LogP contribution in [0.25, 0.3) is 11.1 Å². The van der Waals surface area contributed by atoms with Gasteiger partial charge in [-0.1, -0.05) is 29.8 Å². The van der Waals surface area contributed by atoms with Crippen molar-refractivity contribution >= 4 is 28.6 Å².